The molecule has 1 saturated heterocycles. The van der Waals surface area contributed by atoms with E-state index in [-0.39, 0.29) is 17.9 Å². The molecule has 0 spiro atoms. The Morgan fingerprint density at radius 2 is 1.86 bits per heavy atom. The zero-order chi connectivity index (χ0) is 20.4. The predicted molar refractivity (Wildman–Crippen MR) is 106 cm³/mol. The Balaban J connectivity index is 1.83. The molecule has 1 atom stereocenters. The molecule has 6 heteroatoms. The number of benzene rings is 2. The quantitative estimate of drug-likeness (QED) is 0.407. The zero-order valence-electron chi connectivity index (χ0n) is 15.7. The fourth-order valence-electron chi connectivity index (χ4n) is 3.49. The molecule has 146 valence electrons. The first-order valence-corrected chi connectivity index (χ1v) is 9.10. The number of Topliss-reactive ketones (excluding diaryl/α,β-unsaturated/α-hetero) is 1. The van der Waals surface area contributed by atoms with Crippen LogP contribution >= 0.6 is 0 Å². The standard InChI is InChI=1S/C23H19NO5/c1-28-17-10-5-9-16(13-17)21(25)19-20(18-11-6-12-29-18)24(23(27)22(19)26)14-15-7-3-2-4-8-15/h2-13,20,25H,14H2,1H3/b21-19+. The van der Waals surface area contributed by atoms with E-state index < -0.39 is 17.7 Å². The second-order valence-electron chi connectivity index (χ2n) is 6.66. The van der Waals surface area contributed by atoms with Crippen LogP contribution in [0.1, 0.15) is 22.9 Å². The molecule has 1 N–H and O–H groups in total. The Morgan fingerprint density at radius 1 is 1.07 bits per heavy atom. The van der Waals surface area contributed by atoms with Gasteiger partial charge < -0.3 is 19.2 Å². The summed E-state index contributed by atoms with van der Waals surface area (Å²) in [5.74, 6) is -0.756. The Hall–Kier alpha value is -3.80. The minimum absolute atomic E-state index is 0.00543. The fourth-order valence-corrected chi connectivity index (χ4v) is 3.49. The largest absolute Gasteiger partial charge is 0.507 e. The molecule has 3 aromatic rings. The summed E-state index contributed by atoms with van der Waals surface area (Å²) in [7, 11) is 1.51. The number of hydrogen-bond acceptors (Lipinski definition) is 5. The van der Waals surface area contributed by atoms with Gasteiger partial charge in [0.15, 0.2) is 0 Å². The van der Waals surface area contributed by atoms with Crippen LogP contribution in [0.25, 0.3) is 5.76 Å². The van der Waals surface area contributed by atoms with E-state index in [1.165, 1.54) is 18.3 Å². The monoisotopic (exact) mass is 389 g/mol. The third-order valence-corrected chi connectivity index (χ3v) is 4.89. The number of carbonyl (C=O) groups is 2. The predicted octanol–water partition coefficient (Wildman–Crippen LogP) is 3.91. The van der Waals surface area contributed by atoms with Crippen molar-refractivity contribution in [1.82, 2.24) is 4.90 Å². The lowest BCUT2D eigenvalue weighted by Crippen LogP contribution is -2.29. The van der Waals surface area contributed by atoms with Gasteiger partial charge in [-0.25, -0.2) is 0 Å². The lowest BCUT2D eigenvalue weighted by molar-refractivity contribution is -0.140. The summed E-state index contributed by atoms with van der Waals surface area (Å²) < 4.78 is 10.7. The molecule has 1 fully saturated rings. The summed E-state index contributed by atoms with van der Waals surface area (Å²) >= 11 is 0. The highest BCUT2D eigenvalue weighted by Crippen LogP contribution is 2.40. The van der Waals surface area contributed by atoms with Crippen LogP contribution in [-0.4, -0.2) is 28.8 Å². The van der Waals surface area contributed by atoms with Gasteiger partial charge in [-0.3, -0.25) is 9.59 Å². The highest BCUT2D eigenvalue weighted by molar-refractivity contribution is 6.46. The average Bonchev–Trinajstić information content (AvgIpc) is 3.37. The number of nitrogens with zero attached hydrogens (tertiary/aromatic N) is 1. The molecule has 2 heterocycles. The van der Waals surface area contributed by atoms with Crippen molar-refractivity contribution in [2.24, 2.45) is 0 Å². The average molecular weight is 389 g/mol. The Bertz CT molecular complexity index is 1070. The maximum Gasteiger partial charge on any atom is 0.296 e. The van der Waals surface area contributed by atoms with Crippen molar-refractivity contribution >= 4 is 17.4 Å². The molecule has 2 aromatic carbocycles. The summed E-state index contributed by atoms with van der Waals surface area (Å²) in [6.07, 6.45) is 1.48. The normalized spacial score (nSPS) is 18.2. The number of methoxy groups -OCH3 is 1. The van der Waals surface area contributed by atoms with Gasteiger partial charge in [-0.1, -0.05) is 42.5 Å². The summed E-state index contributed by atoms with van der Waals surface area (Å²) in [5, 5.41) is 11.0. The third-order valence-electron chi connectivity index (χ3n) is 4.89. The van der Waals surface area contributed by atoms with Gasteiger partial charge in [-0.05, 0) is 29.8 Å². The molecule has 0 bridgehead atoms. The van der Waals surface area contributed by atoms with Crippen molar-refractivity contribution in [2.75, 3.05) is 7.11 Å². The molecule has 1 unspecified atom stereocenters. The van der Waals surface area contributed by atoms with E-state index in [9.17, 15) is 14.7 Å². The Labute approximate surface area is 167 Å². The first-order valence-electron chi connectivity index (χ1n) is 9.10. The first-order chi connectivity index (χ1) is 14.1. The number of rotatable bonds is 5. The van der Waals surface area contributed by atoms with Crippen LogP contribution in [0.3, 0.4) is 0 Å². The van der Waals surface area contributed by atoms with Crippen molar-refractivity contribution in [3.05, 3.63) is 95.5 Å². The third kappa shape index (κ3) is 3.40. The van der Waals surface area contributed by atoms with Gasteiger partial charge in [0.1, 0.15) is 23.3 Å². The van der Waals surface area contributed by atoms with Gasteiger partial charge in [-0.2, -0.15) is 0 Å². The van der Waals surface area contributed by atoms with Crippen molar-refractivity contribution in [2.45, 2.75) is 12.6 Å². The molecule has 0 radical (unpaired) electrons. The van der Waals surface area contributed by atoms with Crippen LogP contribution in [0.15, 0.2) is 83.0 Å². The Morgan fingerprint density at radius 3 is 2.55 bits per heavy atom. The van der Waals surface area contributed by atoms with Crippen LogP contribution in [0.4, 0.5) is 0 Å². The molecule has 0 saturated carbocycles. The van der Waals surface area contributed by atoms with E-state index in [0.717, 1.165) is 5.56 Å². The van der Waals surface area contributed by atoms with Gasteiger partial charge in [0.2, 0.25) is 0 Å². The number of ether oxygens (including phenoxy) is 1. The summed E-state index contributed by atoms with van der Waals surface area (Å²) in [6, 6.07) is 18.6. The Kier molecular flexibility index (Phi) is 4.91. The SMILES string of the molecule is COc1cccc(/C(O)=C2\C(=O)C(=O)N(Cc3ccccc3)C2c2ccco2)c1. The molecule has 1 aliphatic rings. The van der Waals surface area contributed by atoms with E-state index in [1.54, 1.807) is 36.4 Å². The van der Waals surface area contributed by atoms with E-state index in [0.29, 0.717) is 17.1 Å². The summed E-state index contributed by atoms with van der Waals surface area (Å²) in [5.41, 5.74) is 1.25. The number of aliphatic hydroxyl groups excluding tert-OH is 1. The molecule has 1 aromatic heterocycles. The molecule has 29 heavy (non-hydrogen) atoms. The van der Waals surface area contributed by atoms with Crippen molar-refractivity contribution in [3.63, 3.8) is 0 Å². The lowest BCUT2D eigenvalue weighted by Gasteiger charge is -2.23. The highest BCUT2D eigenvalue weighted by Gasteiger charge is 2.47. The molecular weight excluding hydrogens is 370 g/mol. The number of ketones is 1. The van der Waals surface area contributed by atoms with Gasteiger partial charge in [-0.15, -0.1) is 0 Å². The smallest absolute Gasteiger partial charge is 0.296 e. The van der Waals surface area contributed by atoms with Crippen LogP contribution in [-0.2, 0) is 16.1 Å². The molecule has 6 nitrogen and oxygen atoms in total. The lowest BCUT2D eigenvalue weighted by atomic mass is 9.99. The van der Waals surface area contributed by atoms with E-state index in [4.69, 9.17) is 9.15 Å². The van der Waals surface area contributed by atoms with E-state index in [1.807, 2.05) is 30.3 Å². The van der Waals surface area contributed by atoms with Crippen molar-refractivity contribution in [3.8, 4) is 5.75 Å². The van der Waals surface area contributed by atoms with Crippen LogP contribution in [0, 0.1) is 0 Å². The van der Waals surface area contributed by atoms with Gasteiger partial charge >= 0.3 is 0 Å². The first kappa shape index (κ1) is 18.6. The molecule has 1 aliphatic heterocycles. The van der Waals surface area contributed by atoms with Gasteiger partial charge in [0, 0.05) is 12.1 Å². The maximum atomic E-state index is 12.9. The summed E-state index contributed by atoms with van der Waals surface area (Å²) in [4.78, 5) is 27.2. The van der Waals surface area contributed by atoms with Crippen molar-refractivity contribution in [1.29, 1.82) is 0 Å². The molecule has 4 rings (SSSR count). The number of amides is 1. The topological polar surface area (TPSA) is 80.0 Å². The minimum atomic E-state index is -0.823. The number of likely N-dealkylation sites (tertiary alicyclic amines) is 1. The highest BCUT2D eigenvalue weighted by atomic mass is 16.5. The van der Waals surface area contributed by atoms with E-state index >= 15 is 0 Å². The summed E-state index contributed by atoms with van der Waals surface area (Å²) in [6.45, 7) is 0.214. The molecule has 1 amide bonds. The molecule has 0 aliphatic carbocycles. The van der Waals surface area contributed by atoms with Crippen molar-refractivity contribution < 1.29 is 23.8 Å². The van der Waals surface area contributed by atoms with E-state index in [2.05, 4.69) is 0 Å². The molecular formula is C23H19NO5. The zero-order valence-corrected chi connectivity index (χ0v) is 15.7. The number of hydrogen-bond donors (Lipinski definition) is 1. The number of aliphatic hydroxyl groups is 1. The fraction of sp³-hybridized carbons (Fsp3) is 0.130. The minimum Gasteiger partial charge on any atom is -0.507 e. The van der Waals surface area contributed by atoms with Gasteiger partial charge in [0.05, 0.1) is 18.9 Å². The second-order valence-corrected chi connectivity index (χ2v) is 6.66. The van der Waals surface area contributed by atoms with Crippen LogP contribution in [0.5, 0.6) is 5.75 Å². The number of carbonyl (C=O) groups excluding carboxylic acids is 2. The van der Waals surface area contributed by atoms with Gasteiger partial charge in [0.25, 0.3) is 11.7 Å². The maximum absolute atomic E-state index is 12.9. The van der Waals surface area contributed by atoms with Crippen LogP contribution in [0.2, 0.25) is 0 Å². The number of furan rings is 1. The van der Waals surface area contributed by atoms with Crippen LogP contribution < -0.4 is 4.74 Å². The second kappa shape index (κ2) is 7.67.